The summed E-state index contributed by atoms with van der Waals surface area (Å²) in [5.74, 6) is 0. The Morgan fingerprint density at radius 2 is 2.00 bits per heavy atom. The number of hydrogen-bond acceptors (Lipinski definition) is 1. The van der Waals surface area contributed by atoms with E-state index in [4.69, 9.17) is 0 Å². The summed E-state index contributed by atoms with van der Waals surface area (Å²) in [5.41, 5.74) is -3.44. The highest BCUT2D eigenvalue weighted by atomic mass is 32.2. The van der Waals surface area contributed by atoms with E-state index in [0.717, 1.165) is 0 Å². The van der Waals surface area contributed by atoms with Crippen LogP contribution in [0, 0.1) is 0 Å². The van der Waals surface area contributed by atoms with E-state index in [9.17, 15) is 17.4 Å². The largest absolute Gasteiger partial charge is 0.485 e. The molecule has 0 aliphatic rings. The number of allylic oxidation sites excluding steroid dienone is 6. The monoisotopic (exact) mass is 305 g/mol. The van der Waals surface area contributed by atoms with Gasteiger partial charge in [-0.1, -0.05) is 49.6 Å². The van der Waals surface area contributed by atoms with Gasteiger partial charge in [0.2, 0.25) is 0 Å². The molecule has 0 aromatic carbocycles. The first kappa shape index (κ1) is 18.6. The molecule has 0 aliphatic heterocycles. The van der Waals surface area contributed by atoms with Crippen molar-refractivity contribution in [2.24, 2.45) is 0 Å². The molecule has 0 bridgehead atoms. The minimum atomic E-state index is -4.80. The fourth-order valence-electron chi connectivity index (χ4n) is 1.23. The molecule has 0 saturated carbocycles. The third kappa shape index (κ3) is 7.25. The second-order valence-corrected chi connectivity index (χ2v) is 5.09. The van der Waals surface area contributed by atoms with E-state index < -0.39 is 22.5 Å². The van der Waals surface area contributed by atoms with Gasteiger partial charge in [-0.2, -0.15) is 13.2 Å². The minimum absolute atomic E-state index is 0.670. The molecule has 2 nitrogen and oxygen atoms in total. The van der Waals surface area contributed by atoms with Crippen LogP contribution in [0.2, 0.25) is 0 Å². The Morgan fingerprint density at radius 3 is 2.45 bits per heavy atom. The van der Waals surface area contributed by atoms with E-state index in [-0.39, 0.29) is 0 Å². The lowest BCUT2D eigenvalue weighted by molar-refractivity contribution is -0.0395. The van der Waals surface area contributed by atoms with Crippen LogP contribution in [0.1, 0.15) is 13.8 Å². The van der Waals surface area contributed by atoms with Crippen molar-refractivity contribution in [3.8, 4) is 0 Å². The molecule has 0 spiro atoms. The normalized spacial score (nSPS) is 16.6. The maximum absolute atomic E-state index is 12.3. The van der Waals surface area contributed by atoms with Crippen LogP contribution < -0.4 is 4.72 Å². The summed E-state index contributed by atoms with van der Waals surface area (Å²) >= 11 is 0. The molecule has 2 atom stereocenters. The highest BCUT2D eigenvalue weighted by molar-refractivity contribution is 7.83. The smallest absolute Gasteiger partial charge is 0.233 e. The molecule has 1 N–H and O–H groups in total. The summed E-state index contributed by atoms with van der Waals surface area (Å²) in [6, 6.07) is -0.836. The Balaban J connectivity index is 5.13. The zero-order valence-electron chi connectivity index (χ0n) is 11.4. The van der Waals surface area contributed by atoms with Crippen LogP contribution in [0.4, 0.5) is 13.2 Å². The summed E-state index contributed by atoms with van der Waals surface area (Å²) in [6.45, 7) is 10.8. The molecule has 0 heterocycles. The molecular formula is C14H18F3NOS. The van der Waals surface area contributed by atoms with Crippen molar-refractivity contribution in [3.63, 3.8) is 0 Å². The quantitative estimate of drug-likeness (QED) is 0.709. The van der Waals surface area contributed by atoms with Crippen LogP contribution in [0.3, 0.4) is 0 Å². The zero-order chi connectivity index (χ0) is 15.8. The second-order valence-electron chi connectivity index (χ2n) is 3.85. The fourth-order valence-corrected chi connectivity index (χ4v) is 1.75. The van der Waals surface area contributed by atoms with Gasteiger partial charge in [-0.3, -0.25) is 0 Å². The molecule has 112 valence electrons. The van der Waals surface area contributed by atoms with Crippen LogP contribution in [-0.2, 0) is 11.0 Å². The van der Waals surface area contributed by atoms with Crippen molar-refractivity contribution < 1.29 is 17.4 Å². The predicted molar refractivity (Wildman–Crippen MR) is 78.2 cm³/mol. The molecule has 2 unspecified atom stereocenters. The summed E-state index contributed by atoms with van der Waals surface area (Å²) in [5, 5.41) is 0. The Bertz CT molecular complexity index is 462. The number of hydrogen-bond donors (Lipinski definition) is 1. The number of alkyl halides is 3. The second kappa shape index (κ2) is 8.71. The van der Waals surface area contributed by atoms with Gasteiger partial charge in [0.15, 0.2) is 11.0 Å². The number of nitrogens with one attached hydrogen (secondary N) is 1. The average Bonchev–Trinajstić information content (AvgIpc) is 2.34. The zero-order valence-corrected chi connectivity index (χ0v) is 12.2. The van der Waals surface area contributed by atoms with Gasteiger partial charge < -0.3 is 0 Å². The van der Waals surface area contributed by atoms with Crippen LogP contribution in [-0.4, -0.2) is 15.8 Å². The van der Waals surface area contributed by atoms with Crippen LogP contribution in [0.15, 0.2) is 60.8 Å². The third-order valence-corrected chi connectivity index (χ3v) is 3.12. The molecule has 0 aromatic rings. The topological polar surface area (TPSA) is 29.1 Å². The van der Waals surface area contributed by atoms with Crippen molar-refractivity contribution in [1.29, 1.82) is 0 Å². The van der Waals surface area contributed by atoms with Gasteiger partial charge in [-0.15, -0.1) is 0 Å². The highest BCUT2D eigenvalue weighted by Gasteiger charge is 2.37. The van der Waals surface area contributed by atoms with Crippen molar-refractivity contribution in [2.75, 3.05) is 0 Å². The summed E-state index contributed by atoms with van der Waals surface area (Å²) in [7, 11) is -3.13. The van der Waals surface area contributed by atoms with Crippen molar-refractivity contribution in [3.05, 3.63) is 60.8 Å². The Labute approximate surface area is 120 Å². The lowest BCUT2D eigenvalue weighted by atomic mass is 10.1. The van der Waals surface area contributed by atoms with Gasteiger partial charge in [-0.05, 0) is 25.0 Å². The first-order valence-electron chi connectivity index (χ1n) is 5.76. The first-order chi connectivity index (χ1) is 9.22. The van der Waals surface area contributed by atoms with Gasteiger partial charge in [-0.25, -0.2) is 8.93 Å². The van der Waals surface area contributed by atoms with Crippen molar-refractivity contribution in [2.45, 2.75) is 25.4 Å². The average molecular weight is 305 g/mol. The van der Waals surface area contributed by atoms with Crippen LogP contribution in [0.25, 0.3) is 0 Å². The van der Waals surface area contributed by atoms with Gasteiger partial charge in [0, 0.05) is 0 Å². The van der Waals surface area contributed by atoms with E-state index >= 15 is 0 Å². The molecule has 0 saturated heterocycles. The standard InChI is InChI=1S/C14H18F3NOS/c1-5-7-9-13(18-20(19)14(15,16)17)10-12(4)11(3)8-6-2/h5-10,13,18H,1,3H2,2,4H3/b8-6-,9-7?,12-10+. The summed E-state index contributed by atoms with van der Waals surface area (Å²) in [6.07, 6.45) is 9.37. The number of halogens is 3. The lowest BCUT2D eigenvalue weighted by Crippen LogP contribution is -2.36. The van der Waals surface area contributed by atoms with Gasteiger partial charge in [0.1, 0.15) is 0 Å². The van der Waals surface area contributed by atoms with E-state index in [1.165, 1.54) is 24.3 Å². The Morgan fingerprint density at radius 1 is 1.40 bits per heavy atom. The molecule has 0 fully saturated rings. The Hall–Kier alpha value is -1.40. The maximum Gasteiger partial charge on any atom is 0.485 e. The summed E-state index contributed by atoms with van der Waals surface area (Å²) < 4.78 is 49.9. The predicted octanol–water partition coefficient (Wildman–Crippen LogP) is 3.95. The van der Waals surface area contributed by atoms with Crippen LogP contribution in [0.5, 0.6) is 0 Å². The lowest BCUT2D eigenvalue weighted by Gasteiger charge is -2.13. The van der Waals surface area contributed by atoms with Crippen molar-refractivity contribution in [1.82, 2.24) is 4.72 Å². The molecule has 0 amide bonds. The number of rotatable bonds is 7. The molecular weight excluding hydrogens is 287 g/mol. The minimum Gasteiger partial charge on any atom is -0.233 e. The first-order valence-corrected chi connectivity index (χ1v) is 6.91. The summed E-state index contributed by atoms with van der Waals surface area (Å²) in [4.78, 5) is 0. The molecule has 20 heavy (non-hydrogen) atoms. The van der Waals surface area contributed by atoms with E-state index in [1.807, 2.05) is 11.6 Å². The molecule has 0 aliphatic carbocycles. The Kier molecular flexibility index (Phi) is 8.10. The van der Waals surface area contributed by atoms with E-state index in [2.05, 4.69) is 13.2 Å². The molecule has 0 radical (unpaired) electrons. The SMILES string of the molecule is C=CC=CC(/C=C(\C)C(=C)/C=C\C)NS(=O)C(F)(F)F. The third-order valence-electron chi connectivity index (χ3n) is 2.21. The van der Waals surface area contributed by atoms with Gasteiger partial charge in [0.25, 0.3) is 0 Å². The molecule has 6 heteroatoms. The van der Waals surface area contributed by atoms with E-state index in [1.54, 1.807) is 19.1 Å². The van der Waals surface area contributed by atoms with Crippen molar-refractivity contribution >= 4 is 11.0 Å². The van der Waals surface area contributed by atoms with Gasteiger partial charge >= 0.3 is 5.51 Å². The molecule has 0 rings (SSSR count). The fraction of sp³-hybridized carbons (Fsp3) is 0.286. The highest BCUT2D eigenvalue weighted by Crippen LogP contribution is 2.19. The van der Waals surface area contributed by atoms with Gasteiger partial charge in [0.05, 0.1) is 6.04 Å². The van der Waals surface area contributed by atoms with Crippen LogP contribution >= 0.6 is 0 Å². The van der Waals surface area contributed by atoms with E-state index in [0.29, 0.717) is 11.1 Å². The molecule has 0 aromatic heterocycles. The maximum atomic E-state index is 12.3.